The molecule has 0 bridgehead atoms. The summed E-state index contributed by atoms with van der Waals surface area (Å²) in [7, 11) is 0. The lowest BCUT2D eigenvalue weighted by Gasteiger charge is -2.35. The van der Waals surface area contributed by atoms with Crippen LogP contribution in [-0.4, -0.2) is 65.9 Å². The number of hydrogen-bond donors (Lipinski definition) is 3. The Kier molecular flexibility index (Phi) is 9.14. The predicted octanol–water partition coefficient (Wildman–Crippen LogP) is 4.48. The van der Waals surface area contributed by atoms with Crippen LogP contribution in [0.2, 0.25) is 0 Å². The summed E-state index contributed by atoms with van der Waals surface area (Å²) in [6, 6.07) is 11.4. The summed E-state index contributed by atoms with van der Waals surface area (Å²) >= 11 is 0. The molecule has 0 spiro atoms. The molecule has 8 nitrogen and oxygen atoms in total. The van der Waals surface area contributed by atoms with Gasteiger partial charge in [-0.15, -0.1) is 0 Å². The van der Waals surface area contributed by atoms with Gasteiger partial charge in [-0.2, -0.15) is 0 Å². The maximum absolute atomic E-state index is 15.1. The summed E-state index contributed by atoms with van der Waals surface area (Å²) in [4.78, 5) is 41.4. The summed E-state index contributed by atoms with van der Waals surface area (Å²) in [5.74, 6) is -1.02. The maximum atomic E-state index is 15.1. The normalized spacial score (nSPS) is 14.7. The lowest BCUT2D eigenvalue weighted by Crippen LogP contribution is -2.48. The molecule has 3 N–H and O–H groups in total. The fraction of sp³-hybridized carbons (Fsp3) is 0.483. The first-order chi connectivity index (χ1) is 17.7. The van der Waals surface area contributed by atoms with Gasteiger partial charge in [0.25, 0.3) is 11.8 Å². The predicted molar refractivity (Wildman–Crippen MR) is 148 cm³/mol. The molecule has 3 rings (SSSR count). The van der Waals surface area contributed by atoms with Crippen LogP contribution >= 0.6 is 0 Å². The van der Waals surface area contributed by atoms with Crippen LogP contribution in [0.25, 0.3) is 0 Å². The summed E-state index contributed by atoms with van der Waals surface area (Å²) < 4.78 is 15.1. The van der Waals surface area contributed by atoms with E-state index >= 15 is 4.39 Å². The Morgan fingerprint density at radius 2 is 1.53 bits per heavy atom. The van der Waals surface area contributed by atoms with Gasteiger partial charge >= 0.3 is 6.03 Å². The molecule has 0 aliphatic carbocycles. The Bertz CT molecular complexity index is 1140. The number of hydrogen-bond acceptors (Lipinski definition) is 4. The van der Waals surface area contributed by atoms with Gasteiger partial charge in [-0.25, -0.2) is 9.18 Å². The molecule has 4 amide bonds. The second-order valence-corrected chi connectivity index (χ2v) is 12.0. The van der Waals surface area contributed by atoms with E-state index in [1.54, 1.807) is 41.3 Å². The van der Waals surface area contributed by atoms with Crippen molar-refractivity contribution in [1.29, 1.82) is 0 Å². The van der Waals surface area contributed by atoms with Crippen LogP contribution in [0.15, 0.2) is 42.5 Å². The molecule has 0 radical (unpaired) electrons. The number of benzene rings is 2. The highest BCUT2D eigenvalue weighted by atomic mass is 19.1. The minimum absolute atomic E-state index is 0.0154. The van der Waals surface area contributed by atoms with Crippen LogP contribution in [0, 0.1) is 11.2 Å². The molecular weight excluding hydrogens is 485 g/mol. The number of rotatable bonds is 6. The lowest BCUT2D eigenvalue weighted by molar-refractivity contribution is 0.0626. The van der Waals surface area contributed by atoms with Gasteiger partial charge in [0.1, 0.15) is 5.82 Å². The number of halogens is 1. The van der Waals surface area contributed by atoms with Gasteiger partial charge in [0.05, 0.1) is 5.56 Å². The van der Waals surface area contributed by atoms with E-state index in [2.05, 4.69) is 20.9 Å². The van der Waals surface area contributed by atoms with Crippen molar-refractivity contribution in [3.8, 4) is 0 Å². The Morgan fingerprint density at radius 1 is 0.895 bits per heavy atom. The van der Waals surface area contributed by atoms with E-state index in [1.807, 2.05) is 41.5 Å². The fourth-order valence-corrected chi connectivity index (χ4v) is 4.03. The van der Waals surface area contributed by atoms with Crippen molar-refractivity contribution in [2.75, 3.05) is 38.0 Å². The first-order valence-electron chi connectivity index (χ1n) is 13.0. The zero-order valence-electron chi connectivity index (χ0n) is 23.3. The summed E-state index contributed by atoms with van der Waals surface area (Å²) in [6.07, 6.45) is 0. The minimum atomic E-state index is -0.506. The van der Waals surface area contributed by atoms with Crippen LogP contribution in [-0.2, 0) is 6.54 Å². The summed E-state index contributed by atoms with van der Waals surface area (Å²) in [6.45, 7) is 14.8. The van der Waals surface area contributed by atoms with Gasteiger partial charge in [-0.1, -0.05) is 32.9 Å². The molecule has 1 fully saturated rings. The summed E-state index contributed by atoms with van der Waals surface area (Å²) in [5.41, 5.74) is 1.18. The van der Waals surface area contributed by atoms with Crippen molar-refractivity contribution in [3.63, 3.8) is 0 Å². The standard InChI is InChI=1S/C29H40FN5O3/c1-28(2,3)19-31-27(38)32-22-12-10-20(11-13-22)26(37)35-16-14-34(15-17-35)18-21-8-7-9-23(24(21)30)25(36)33-29(4,5)6/h7-13H,14-19H2,1-6H3,(H,33,36)(H2,31,32,38). The molecule has 0 saturated carbocycles. The van der Waals surface area contributed by atoms with Crippen LogP contribution in [0.5, 0.6) is 0 Å². The molecule has 2 aromatic rings. The van der Waals surface area contributed by atoms with E-state index in [1.165, 1.54) is 6.07 Å². The number of amides is 4. The van der Waals surface area contributed by atoms with Crippen LogP contribution < -0.4 is 16.0 Å². The molecule has 206 valence electrons. The Balaban J connectivity index is 1.52. The van der Waals surface area contributed by atoms with Crippen molar-refractivity contribution in [2.45, 2.75) is 53.6 Å². The van der Waals surface area contributed by atoms with Crippen molar-refractivity contribution in [1.82, 2.24) is 20.4 Å². The average Bonchev–Trinajstić information content (AvgIpc) is 2.83. The van der Waals surface area contributed by atoms with Crippen LogP contribution in [0.3, 0.4) is 0 Å². The number of piperazine rings is 1. The molecule has 1 aliphatic heterocycles. The lowest BCUT2D eigenvalue weighted by atomic mass is 9.97. The number of urea groups is 1. The molecule has 1 heterocycles. The smallest absolute Gasteiger partial charge is 0.319 e. The third-order valence-corrected chi connectivity index (χ3v) is 6.03. The van der Waals surface area contributed by atoms with Crippen molar-refractivity contribution >= 4 is 23.5 Å². The third kappa shape index (κ3) is 8.55. The molecule has 0 atom stereocenters. The molecule has 38 heavy (non-hydrogen) atoms. The zero-order valence-corrected chi connectivity index (χ0v) is 23.3. The summed E-state index contributed by atoms with van der Waals surface area (Å²) in [5, 5.41) is 8.41. The van der Waals surface area contributed by atoms with Crippen molar-refractivity contribution in [2.24, 2.45) is 5.41 Å². The molecule has 1 saturated heterocycles. The molecule has 0 aromatic heterocycles. The molecular formula is C29H40FN5O3. The monoisotopic (exact) mass is 525 g/mol. The molecule has 9 heteroatoms. The largest absolute Gasteiger partial charge is 0.347 e. The third-order valence-electron chi connectivity index (χ3n) is 6.03. The van der Waals surface area contributed by atoms with Gasteiger partial charge < -0.3 is 20.9 Å². The van der Waals surface area contributed by atoms with Gasteiger partial charge in [0, 0.05) is 61.6 Å². The van der Waals surface area contributed by atoms with E-state index in [0.717, 1.165) is 0 Å². The van der Waals surface area contributed by atoms with E-state index in [0.29, 0.717) is 56.1 Å². The van der Waals surface area contributed by atoms with E-state index in [4.69, 9.17) is 0 Å². The fourth-order valence-electron chi connectivity index (χ4n) is 4.03. The first kappa shape index (κ1) is 29.1. The highest BCUT2D eigenvalue weighted by molar-refractivity contribution is 5.96. The Hall–Kier alpha value is -3.46. The Morgan fingerprint density at radius 3 is 2.11 bits per heavy atom. The quantitative estimate of drug-likeness (QED) is 0.519. The maximum Gasteiger partial charge on any atom is 0.319 e. The van der Waals surface area contributed by atoms with E-state index in [-0.39, 0.29) is 22.9 Å². The zero-order chi connectivity index (χ0) is 28.1. The highest BCUT2D eigenvalue weighted by Gasteiger charge is 2.25. The highest BCUT2D eigenvalue weighted by Crippen LogP contribution is 2.19. The number of nitrogens with zero attached hydrogens (tertiary/aromatic N) is 2. The van der Waals surface area contributed by atoms with E-state index in [9.17, 15) is 14.4 Å². The topological polar surface area (TPSA) is 93.8 Å². The SMILES string of the molecule is CC(C)(C)CNC(=O)Nc1ccc(C(=O)N2CCN(Cc3cccc(C(=O)NC(C)(C)C)c3F)CC2)cc1. The number of carbonyl (C=O) groups excluding carboxylic acids is 3. The van der Waals surface area contributed by atoms with Crippen molar-refractivity contribution in [3.05, 3.63) is 65.0 Å². The van der Waals surface area contributed by atoms with Gasteiger partial charge in [-0.3, -0.25) is 14.5 Å². The Labute approximate surface area is 225 Å². The van der Waals surface area contributed by atoms with Crippen molar-refractivity contribution < 1.29 is 18.8 Å². The van der Waals surface area contributed by atoms with Crippen LogP contribution in [0.1, 0.15) is 67.8 Å². The number of anilines is 1. The number of nitrogens with one attached hydrogen (secondary N) is 3. The molecule has 2 aromatic carbocycles. The van der Waals surface area contributed by atoms with Crippen LogP contribution in [0.4, 0.5) is 14.9 Å². The number of carbonyl (C=O) groups is 3. The average molecular weight is 526 g/mol. The minimum Gasteiger partial charge on any atom is -0.347 e. The van der Waals surface area contributed by atoms with Gasteiger partial charge in [0.15, 0.2) is 0 Å². The van der Waals surface area contributed by atoms with Gasteiger partial charge in [-0.05, 0) is 56.5 Å². The second kappa shape index (κ2) is 11.9. The molecule has 0 unspecified atom stereocenters. The first-order valence-corrected chi connectivity index (χ1v) is 13.0. The van der Waals surface area contributed by atoms with Gasteiger partial charge in [0.2, 0.25) is 0 Å². The second-order valence-electron chi connectivity index (χ2n) is 12.0. The van der Waals surface area contributed by atoms with E-state index < -0.39 is 17.3 Å². The molecule has 1 aliphatic rings.